The smallest absolute Gasteiger partial charge is 0.272 e. The Balaban J connectivity index is 0.000000189. The second-order valence-electron chi connectivity index (χ2n) is 16.0. The van der Waals surface area contributed by atoms with E-state index in [-0.39, 0.29) is 22.6 Å². The topological polar surface area (TPSA) is 122 Å². The molecule has 0 bridgehead atoms. The van der Waals surface area contributed by atoms with E-state index in [4.69, 9.17) is 11.6 Å². The number of halogens is 1. The molecule has 0 unspecified atom stereocenters. The van der Waals surface area contributed by atoms with E-state index in [0.717, 1.165) is 32.3 Å². The molecule has 0 atom stereocenters. The van der Waals surface area contributed by atoms with Gasteiger partial charge in [-0.15, -0.1) is 22.7 Å². The van der Waals surface area contributed by atoms with Crippen LogP contribution in [-0.2, 0) is 20.9 Å². The van der Waals surface area contributed by atoms with Gasteiger partial charge in [0.2, 0.25) is 0 Å². The highest BCUT2D eigenvalue weighted by molar-refractivity contribution is 7.89. The van der Waals surface area contributed by atoms with Crippen molar-refractivity contribution in [3.05, 3.63) is 133 Å². The lowest BCUT2D eigenvalue weighted by molar-refractivity contribution is 0.0748. The van der Waals surface area contributed by atoms with E-state index in [2.05, 4.69) is 56.8 Å². The van der Waals surface area contributed by atoms with E-state index >= 15 is 0 Å². The third-order valence-electron chi connectivity index (χ3n) is 7.84. The van der Waals surface area contributed by atoms with Crippen molar-refractivity contribution in [3.63, 3.8) is 0 Å². The van der Waals surface area contributed by atoms with Crippen LogP contribution in [0.5, 0.6) is 0 Å². The molecule has 0 aliphatic carbocycles. The summed E-state index contributed by atoms with van der Waals surface area (Å²) in [5.74, 6) is -0.129. The van der Waals surface area contributed by atoms with Gasteiger partial charge in [-0.2, -0.15) is 24.1 Å². The summed E-state index contributed by atoms with van der Waals surface area (Å²) in [6.07, 6.45) is 11.9. The van der Waals surface area contributed by atoms with Gasteiger partial charge < -0.3 is 0 Å². The summed E-state index contributed by atoms with van der Waals surface area (Å²) in [5.41, 5.74) is 3.14. The molecule has 0 aliphatic rings. The van der Waals surface area contributed by atoms with Crippen molar-refractivity contribution in [2.45, 2.75) is 73.1 Å². The van der Waals surface area contributed by atoms with E-state index in [1.165, 1.54) is 20.4 Å². The Morgan fingerprint density at radius 3 is 1.68 bits per heavy atom. The fourth-order valence-electron chi connectivity index (χ4n) is 4.74. The molecule has 0 fully saturated rings. The number of thiophene rings is 2. The summed E-state index contributed by atoms with van der Waals surface area (Å²) in [6, 6.07) is 20.4. The van der Waals surface area contributed by atoms with Gasteiger partial charge in [-0.05, 0) is 89.7 Å². The largest absolute Gasteiger partial charge is 0.278 e. The van der Waals surface area contributed by atoms with Crippen molar-refractivity contribution in [3.8, 4) is 0 Å². The number of nitrogens with zero attached hydrogens (tertiary/aromatic N) is 6. The second kappa shape index (κ2) is 18.1. The quantitative estimate of drug-likeness (QED) is 0.164. The maximum atomic E-state index is 12.8. The molecule has 0 saturated carbocycles. The standard InChI is InChI=1S/C18H23ClN2O.C14H16N2OS.C10H10N2O2S2/c1-17(2,3)14-11-15(18(4,5)6)21(20-14)16(22)12-7-9-13(19)10-8-12;1-14(2,3)13(17)16-9-8-11(15-16)6-7-12-5-4-10-18-12;1-16(13,14)12-7-6-9(11-12)4-5-10-3-2-8-15-10/h7-11H,1-6H3;4-10H,1-3H3;2-8H,1H3. The van der Waals surface area contributed by atoms with E-state index in [9.17, 15) is 18.0 Å². The fourth-order valence-corrected chi connectivity index (χ4v) is 6.62. The third kappa shape index (κ3) is 12.7. The fraction of sp³-hybridized carbons (Fsp3) is 0.310. The molecule has 5 heterocycles. The summed E-state index contributed by atoms with van der Waals surface area (Å²) in [4.78, 5) is 27.1. The van der Waals surface area contributed by atoms with Crippen molar-refractivity contribution < 1.29 is 18.0 Å². The molecule has 0 N–H and O–H groups in total. The third-order valence-corrected chi connectivity index (χ3v) is 10.6. The lowest BCUT2D eigenvalue weighted by Crippen LogP contribution is -2.27. The number of hydrogen-bond donors (Lipinski definition) is 0. The molecule has 6 aromatic rings. The van der Waals surface area contributed by atoms with Gasteiger partial charge in [-0.25, -0.2) is 13.1 Å². The van der Waals surface area contributed by atoms with E-state index in [1.807, 2.05) is 86.2 Å². The monoisotopic (exact) mass is 832 g/mol. The molecule has 1 aromatic carbocycles. The van der Waals surface area contributed by atoms with Crippen LogP contribution in [0.3, 0.4) is 0 Å². The van der Waals surface area contributed by atoms with E-state index in [0.29, 0.717) is 16.3 Å². The average Bonchev–Trinajstić information content (AvgIpc) is 3.95. The molecule has 0 saturated heterocycles. The molecule has 10 nitrogen and oxygen atoms in total. The molecule has 14 heteroatoms. The Morgan fingerprint density at radius 2 is 1.23 bits per heavy atom. The molecule has 56 heavy (non-hydrogen) atoms. The van der Waals surface area contributed by atoms with Crippen molar-refractivity contribution >= 4 is 80.4 Å². The number of hydrogen-bond acceptors (Lipinski definition) is 9. The minimum atomic E-state index is -3.28. The molecule has 0 spiro atoms. The molecule has 296 valence electrons. The Morgan fingerprint density at radius 1 is 0.696 bits per heavy atom. The van der Waals surface area contributed by atoms with Crippen molar-refractivity contribution in [2.75, 3.05) is 6.26 Å². The number of benzene rings is 1. The molecular formula is C42H49ClN6O4S3. The highest BCUT2D eigenvalue weighted by Gasteiger charge is 2.29. The summed E-state index contributed by atoms with van der Waals surface area (Å²) in [7, 11) is -3.28. The molecule has 0 aliphatic heterocycles. The molecular weight excluding hydrogens is 784 g/mol. The molecule has 5 aromatic heterocycles. The van der Waals surface area contributed by atoms with Crippen molar-refractivity contribution in [1.82, 2.24) is 28.7 Å². The SMILES string of the molecule is CC(C)(C)C(=O)n1ccc(C=Cc2cccs2)n1.CC(C)(C)c1cc(C(C)(C)C)n(C(=O)c2ccc(Cl)cc2)n1.CS(=O)(=O)n1ccc(C=Cc2cccs2)n1. The van der Waals surface area contributed by atoms with Crippen LogP contribution >= 0.6 is 34.3 Å². The van der Waals surface area contributed by atoms with Crippen LogP contribution in [0.2, 0.25) is 5.02 Å². The first-order chi connectivity index (χ1) is 26.0. The average molecular weight is 834 g/mol. The van der Waals surface area contributed by atoms with E-state index in [1.54, 1.807) is 65.3 Å². The Kier molecular flexibility index (Phi) is 14.2. The Hall–Kier alpha value is -4.69. The van der Waals surface area contributed by atoms with Crippen molar-refractivity contribution in [1.29, 1.82) is 0 Å². The van der Waals surface area contributed by atoms with Crippen LogP contribution < -0.4 is 0 Å². The Labute approximate surface area is 343 Å². The predicted octanol–water partition coefficient (Wildman–Crippen LogP) is 10.5. The maximum absolute atomic E-state index is 12.8. The van der Waals surface area contributed by atoms with Gasteiger partial charge >= 0.3 is 0 Å². The first-order valence-electron chi connectivity index (χ1n) is 17.7. The number of aromatic nitrogens is 6. The van der Waals surface area contributed by atoms with Crippen LogP contribution in [0, 0.1) is 5.41 Å². The summed E-state index contributed by atoms with van der Waals surface area (Å²) < 4.78 is 26.2. The Bertz CT molecular complexity index is 2380. The first kappa shape index (κ1) is 44.0. The summed E-state index contributed by atoms with van der Waals surface area (Å²) >= 11 is 9.18. The maximum Gasteiger partial charge on any atom is 0.278 e. The van der Waals surface area contributed by atoms with Gasteiger partial charge in [0.25, 0.3) is 21.8 Å². The zero-order valence-electron chi connectivity index (χ0n) is 33.4. The van der Waals surface area contributed by atoms with Crippen LogP contribution in [0.15, 0.2) is 89.9 Å². The van der Waals surface area contributed by atoms with Crippen LogP contribution in [0.4, 0.5) is 0 Å². The zero-order valence-corrected chi connectivity index (χ0v) is 36.6. The normalized spacial score (nSPS) is 12.3. The van der Waals surface area contributed by atoms with Gasteiger partial charge in [0.1, 0.15) is 0 Å². The van der Waals surface area contributed by atoms with Crippen LogP contribution in [0.25, 0.3) is 24.3 Å². The number of rotatable bonds is 6. The second-order valence-corrected chi connectivity index (χ2v) is 20.2. The molecule has 6 rings (SSSR count). The van der Waals surface area contributed by atoms with Gasteiger partial charge in [-0.1, -0.05) is 86.0 Å². The minimum Gasteiger partial charge on any atom is -0.272 e. The lowest BCUT2D eigenvalue weighted by atomic mass is 9.88. The van der Waals surface area contributed by atoms with E-state index < -0.39 is 15.4 Å². The van der Waals surface area contributed by atoms with Crippen LogP contribution in [0.1, 0.15) is 110 Å². The van der Waals surface area contributed by atoms with Gasteiger partial charge in [0.05, 0.1) is 29.0 Å². The summed E-state index contributed by atoms with van der Waals surface area (Å²) in [5, 5.41) is 17.4. The zero-order chi connectivity index (χ0) is 41.5. The molecule has 0 radical (unpaired) electrons. The van der Waals surface area contributed by atoms with Crippen molar-refractivity contribution in [2.24, 2.45) is 5.41 Å². The van der Waals surface area contributed by atoms with Crippen LogP contribution in [-0.4, -0.2) is 55.2 Å². The highest BCUT2D eigenvalue weighted by atomic mass is 35.5. The van der Waals surface area contributed by atoms with Gasteiger partial charge in [0.15, 0.2) is 0 Å². The predicted molar refractivity (Wildman–Crippen MR) is 232 cm³/mol. The highest BCUT2D eigenvalue weighted by Crippen LogP contribution is 2.29. The number of carbonyl (C=O) groups is 2. The minimum absolute atomic E-state index is 0.00160. The molecule has 0 amide bonds. The van der Waals surface area contributed by atoms with Gasteiger partial charge in [-0.3, -0.25) is 9.59 Å². The lowest BCUT2D eigenvalue weighted by Gasteiger charge is -2.19. The summed E-state index contributed by atoms with van der Waals surface area (Å²) in [6.45, 7) is 18.2. The van der Waals surface area contributed by atoms with Gasteiger partial charge in [0, 0.05) is 49.0 Å². The number of carbonyl (C=O) groups excluding carboxylic acids is 2. The first-order valence-corrected chi connectivity index (χ1v) is 21.7.